The first-order chi connectivity index (χ1) is 13.5. The standard InChI is InChI=1S/C24H32O5/c1-15(2)8-6-9-16(3)10-7-13-24(5)17(4)21(23(28)29-24)22(27)19-12-11-18(25)14-20(19)26/h8,10-12,14,17,21,25-26H,6-7,9,13H2,1-5H3/t17-,21+,24-/m1/s1. The summed E-state index contributed by atoms with van der Waals surface area (Å²) in [6.45, 7) is 9.99. The van der Waals surface area contributed by atoms with Crippen LogP contribution in [0.3, 0.4) is 0 Å². The summed E-state index contributed by atoms with van der Waals surface area (Å²) in [5.74, 6) is -2.79. The van der Waals surface area contributed by atoms with Gasteiger partial charge in [0.05, 0.1) is 5.56 Å². The number of phenolic OH excluding ortho intramolecular Hbond substituents is 2. The van der Waals surface area contributed by atoms with E-state index in [4.69, 9.17) is 4.74 Å². The van der Waals surface area contributed by atoms with Gasteiger partial charge in [0.1, 0.15) is 23.0 Å². The summed E-state index contributed by atoms with van der Waals surface area (Å²) in [5, 5.41) is 19.4. The molecule has 0 unspecified atom stereocenters. The molecule has 2 N–H and O–H groups in total. The molecule has 5 heteroatoms. The Kier molecular flexibility index (Phi) is 7.28. The molecule has 1 heterocycles. The summed E-state index contributed by atoms with van der Waals surface area (Å²) in [6.07, 6.45) is 7.80. The molecular weight excluding hydrogens is 368 g/mol. The number of phenols is 2. The fraction of sp³-hybridized carbons (Fsp3) is 0.500. The molecular formula is C24H32O5. The summed E-state index contributed by atoms with van der Waals surface area (Å²) >= 11 is 0. The van der Waals surface area contributed by atoms with Crippen molar-refractivity contribution in [1.82, 2.24) is 0 Å². The summed E-state index contributed by atoms with van der Waals surface area (Å²) < 4.78 is 5.64. The number of ketones is 1. The molecule has 3 atom stereocenters. The summed E-state index contributed by atoms with van der Waals surface area (Å²) in [7, 11) is 0. The van der Waals surface area contributed by atoms with E-state index in [1.165, 1.54) is 23.3 Å². The molecule has 29 heavy (non-hydrogen) atoms. The van der Waals surface area contributed by atoms with E-state index in [2.05, 4.69) is 32.9 Å². The van der Waals surface area contributed by atoms with Gasteiger partial charge in [-0.1, -0.05) is 30.2 Å². The maximum absolute atomic E-state index is 12.9. The van der Waals surface area contributed by atoms with Gasteiger partial charge in [0, 0.05) is 12.0 Å². The quantitative estimate of drug-likeness (QED) is 0.267. The molecule has 0 saturated carbocycles. The number of ether oxygens (including phenoxy) is 1. The van der Waals surface area contributed by atoms with Gasteiger partial charge in [0.2, 0.25) is 0 Å². The first-order valence-electron chi connectivity index (χ1n) is 10.1. The molecule has 1 saturated heterocycles. The van der Waals surface area contributed by atoms with Gasteiger partial charge in [-0.15, -0.1) is 0 Å². The van der Waals surface area contributed by atoms with Gasteiger partial charge in [0.25, 0.3) is 0 Å². The van der Waals surface area contributed by atoms with E-state index in [0.29, 0.717) is 6.42 Å². The zero-order valence-electron chi connectivity index (χ0n) is 18.0. The van der Waals surface area contributed by atoms with Crippen LogP contribution >= 0.6 is 0 Å². The molecule has 0 radical (unpaired) electrons. The van der Waals surface area contributed by atoms with Gasteiger partial charge in [-0.25, -0.2) is 0 Å². The second-order valence-electron chi connectivity index (χ2n) is 8.48. The zero-order valence-corrected chi connectivity index (χ0v) is 18.0. The Hall–Kier alpha value is -2.56. The van der Waals surface area contributed by atoms with Crippen molar-refractivity contribution in [2.24, 2.45) is 11.8 Å². The van der Waals surface area contributed by atoms with E-state index < -0.39 is 23.3 Å². The van der Waals surface area contributed by atoms with Crippen LogP contribution in [0, 0.1) is 11.8 Å². The molecule has 2 rings (SSSR count). The van der Waals surface area contributed by atoms with E-state index in [-0.39, 0.29) is 23.0 Å². The maximum atomic E-state index is 12.9. The number of Topliss-reactive ketones (excluding diaryl/α,β-unsaturated/α-hetero) is 1. The lowest BCUT2D eigenvalue weighted by atomic mass is 9.77. The number of hydrogen-bond acceptors (Lipinski definition) is 5. The first-order valence-corrected chi connectivity index (χ1v) is 10.1. The Morgan fingerprint density at radius 3 is 2.48 bits per heavy atom. The smallest absolute Gasteiger partial charge is 0.317 e. The van der Waals surface area contributed by atoms with Crippen LogP contribution in [0.1, 0.15) is 70.7 Å². The number of hydrogen-bond donors (Lipinski definition) is 2. The summed E-state index contributed by atoms with van der Waals surface area (Å²) in [5.41, 5.74) is 1.90. The van der Waals surface area contributed by atoms with Crippen LogP contribution in [0.15, 0.2) is 41.5 Å². The van der Waals surface area contributed by atoms with Crippen molar-refractivity contribution in [3.63, 3.8) is 0 Å². The zero-order chi connectivity index (χ0) is 21.8. The SMILES string of the molecule is CC(C)=CCCC(C)=CCC[C@@]1(C)OC(=O)[C@H](C(=O)c2ccc(O)cc2O)[C@H]1C. The Balaban J connectivity index is 2.05. The molecule has 1 aromatic rings. The highest BCUT2D eigenvalue weighted by molar-refractivity contribution is 6.11. The highest BCUT2D eigenvalue weighted by Gasteiger charge is 2.53. The van der Waals surface area contributed by atoms with Crippen molar-refractivity contribution in [1.29, 1.82) is 0 Å². The van der Waals surface area contributed by atoms with Crippen molar-refractivity contribution in [2.75, 3.05) is 0 Å². The fourth-order valence-corrected chi connectivity index (χ4v) is 3.75. The Morgan fingerprint density at radius 2 is 1.86 bits per heavy atom. The minimum Gasteiger partial charge on any atom is -0.508 e. The van der Waals surface area contributed by atoms with Gasteiger partial charge in [-0.2, -0.15) is 0 Å². The third-order valence-electron chi connectivity index (χ3n) is 5.80. The summed E-state index contributed by atoms with van der Waals surface area (Å²) in [4.78, 5) is 25.4. The van der Waals surface area contributed by atoms with E-state index >= 15 is 0 Å². The number of cyclic esters (lactones) is 1. The average Bonchev–Trinajstić information content (AvgIpc) is 2.83. The molecule has 0 spiro atoms. The lowest BCUT2D eigenvalue weighted by molar-refractivity contribution is -0.149. The van der Waals surface area contributed by atoms with Gasteiger partial charge >= 0.3 is 5.97 Å². The van der Waals surface area contributed by atoms with Crippen molar-refractivity contribution < 1.29 is 24.5 Å². The summed E-state index contributed by atoms with van der Waals surface area (Å²) in [6, 6.07) is 3.75. The molecule has 1 aliphatic heterocycles. The lowest BCUT2D eigenvalue weighted by Crippen LogP contribution is -2.33. The van der Waals surface area contributed by atoms with Crippen LogP contribution in [-0.4, -0.2) is 27.6 Å². The molecule has 158 valence electrons. The van der Waals surface area contributed by atoms with E-state index in [1.54, 1.807) is 0 Å². The molecule has 0 bridgehead atoms. The predicted octanol–water partition coefficient (Wildman–Crippen LogP) is 5.32. The van der Waals surface area contributed by atoms with Crippen LogP contribution in [0.5, 0.6) is 11.5 Å². The molecule has 1 fully saturated rings. The third-order valence-corrected chi connectivity index (χ3v) is 5.80. The van der Waals surface area contributed by atoms with Crippen molar-refractivity contribution in [3.8, 4) is 11.5 Å². The topological polar surface area (TPSA) is 83.8 Å². The largest absolute Gasteiger partial charge is 0.508 e. The lowest BCUT2D eigenvalue weighted by Gasteiger charge is -2.28. The Morgan fingerprint density at radius 1 is 1.17 bits per heavy atom. The van der Waals surface area contributed by atoms with Crippen molar-refractivity contribution in [2.45, 2.75) is 65.9 Å². The number of aromatic hydroxyl groups is 2. The highest BCUT2D eigenvalue weighted by atomic mass is 16.6. The molecule has 5 nitrogen and oxygen atoms in total. The third kappa shape index (κ3) is 5.49. The van der Waals surface area contributed by atoms with Gasteiger partial charge in [0.15, 0.2) is 5.78 Å². The normalized spacial score (nSPS) is 24.3. The minimum absolute atomic E-state index is 0.0239. The van der Waals surface area contributed by atoms with E-state index in [9.17, 15) is 19.8 Å². The number of rotatable bonds is 8. The van der Waals surface area contributed by atoms with E-state index in [1.807, 2.05) is 13.8 Å². The number of esters is 1. The Labute approximate surface area is 173 Å². The molecule has 1 aromatic carbocycles. The van der Waals surface area contributed by atoms with Gasteiger partial charge in [-0.05, 0) is 65.5 Å². The Bertz CT molecular complexity index is 832. The minimum atomic E-state index is -0.960. The van der Waals surface area contributed by atoms with Gasteiger partial charge in [-0.3, -0.25) is 9.59 Å². The van der Waals surface area contributed by atoms with E-state index in [0.717, 1.165) is 25.3 Å². The number of carbonyl (C=O) groups is 2. The number of carbonyl (C=O) groups excluding carboxylic acids is 2. The number of benzene rings is 1. The first kappa shape index (κ1) is 22.7. The van der Waals surface area contributed by atoms with Crippen LogP contribution in [0.2, 0.25) is 0 Å². The number of allylic oxidation sites excluding steroid dienone is 4. The van der Waals surface area contributed by atoms with Crippen LogP contribution in [0.4, 0.5) is 0 Å². The average molecular weight is 401 g/mol. The molecule has 0 aliphatic carbocycles. The molecule has 0 amide bonds. The van der Waals surface area contributed by atoms with Crippen LogP contribution < -0.4 is 0 Å². The second kappa shape index (κ2) is 9.29. The molecule has 1 aliphatic rings. The molecule has 0 aromatic heterocycles. The van der Waals surface area contributed by atoms with Crippen LogP contribution in [-0.2, 0) is 9.53 Å². The van der Waals surface area contributed by atoms with Crippen molar-refractivity contribution >= 4 is 11.8 Å². The van der Waals surface area contributed by atoms with Crippen LogP contribution in [0.25, 0.3) is 0 Å². The second-order valence-corrected chi connectivity index (χ2v) is 8.48. The predicted molar refractivity (Wildman–Crippen MR) is 113 cm³/mol. The fourth-order valence-electron chi connectivity index (χ4n) is 3.75. The monoisotopic (exact) mass is 400 g/mol. The maximum Gasteiger partial charge on any atom is 0.317 e. The highest BCUT2D eigenvalue weighted by Crippen LogP contribution is 2.42. The van der Waals surface area contributed by atoms with Gasteiger partial charge < -0.3 is 14.9 Å². The van der Waals surface area contributed by atoms with Crippen molar-refractivity contribution in [3.05, 3.63) is 47.1 Å².